The molecule has 1 N–H and O–H groups in total. The van der Waals surface area contributed by atoms with Crippen LogP contribution in [-0.4, -0.2) is 43.6 Å². The SMILES string of the molecule is COCC(=O)Nc1ccc(N2CCCN(Cc3ccc(F)cc3F)C2=O)cc1. The third kappa shape index (κ3) is 4.64. The van der Waals surface area contributed by atoms with E-state index in [1.165, 1.54) is 24.1 Å². The maximum absolute atomic E-state index is 13.9. The van der Waals surface area contributed by atoms with Crippen molar-refractivity contribution in [3.63, 3.8) is 0 Å². The number of benzene rings is 2. The van der Waals surface area contributed by atoms with Crippen LogP contribution >= 0.6 is 0 Å². The van der Waals surface area contributed by atoms with Crippen molar-refractivity contribution in [2.45, 2.75) is 13.0 Å². The molecule has 2 aromatic carbocycles. The lowest BCUT2D eigenvalue weighted by Crippen LogP contribution is -2.49. The van der Waals surface area contributed by atoms with Gasteiger partial charge in [0.25, 0.3) is 0 Å². The van der Waals surface area contributed by atoms with Gasteiger partial charge in [0, 0.05) is 43.2 Å². The van der Waals surface area contributed by atoms with Crippen LogP contribution in [0, 0.1) is 11.6 Å². The Bertz CT molecular complexity index is 858. The lowest BCUT2D eigenvalue weighted by Gasteiger charge is -2.35. The fourth-order valence-electron chi connectivity index (χ4n) is 3.08. The van der Waals surface area contributed by atoms with E-state index in [-0.39, 0.29) is 30.7 Å². The average molecular weight is 389 g/mol. The first-order valence-electron chi connectivity index (χ1n) is 8.87. The molecule has 1 heterocycles. The molecule has 0 unspecified atom stereocenters. The number of rotatable bonds is 6. The summed E-state index contributed by atoms with van der Waals surface area (Å²) in [6.07, 6.45) is 0.723. The van der Waals surface area contributed by atoms with Crippen LogP contribution in [0.1, 0.15) is 12.0 Å². The fraction of sp³-hybridized carbons (Fsp3) is 0.300. The van der Waals surface area contributed by atoms with Crippen LogP contribution in [0.5, 0.6) is 0 Å². The number of carbonyl (C=O) groups is 2. The van der Waals surface area contributed by atoms with Crippen LogP contribution in [0.4, 0.5) is 25.0 Å². The zero-order chi connectivity index (χ0) is 20.1. The number of urea groups is 1. The maximum Gasteiger partial charge on any atom is 0.324 e. The van der Waals surface area contributed by atoms with Crippen molar-refractivity contribution in [3.05, 3.63) is 59.7 Å². The Morgan fingerprint density at radius 3 is 2.57 bits per heavy atom. The van der Waals surface area contributed by atoms with Crippen LogP contribution in [0.15, 0.2) is 42.5 Å². The van der Waals surface area contributed by atoms with Crippen molar-refractivity contribution in [2.24, 2.45) is 0 Å². The summed E-state index contributed by atoms with van der Waals surface area (Å²) in [7, 11) is 1.44. The second-order valence-electron chi connectivity index (χ2n) is 6.47. The molecule has 3 amide bonds. The minimum Gasteiger partial charge on any atom is -0.375 e. The molecular weight excluding hydrogens is 368 g/mol. The van der Waals surface area contributed by atoms with Crippen molar-refractivity contribution < 1.29 is 23.1 Å². The van der Waals surface area contributed by atoms with Gasteiger partial charge in [-0.2, -0.15) is 0 Å². The fourth-order valence-corrected chi connectivity index (χ4v) is 3.08. The molecule has 1 saturated heterocycles. The van der Waals surface area contributed by atoms with E-state index in [0.29, 0.717) is 24.5 Å². The minimum atomic E-state index is -0.666. The molecule has 8 heteroatoms. The van der Waals surface area contributed by atoms with Gasteiger partial charge in [0.15, 0.2) is 0 Å². The van der Waals surface area contributed by atoms with Gasteiger partial charge < -0.3 is 15.0 Å². The predicted molar refractivity (Wildman–Crippen MR) is 101 cm³/mol. The average Bonchev–Trinajstić information content (AvgIpc) is 2.66. The standard InChI is InChI=1S/C20H21F2N3O3/c1-28-13-19(26)23-16-5-7-17(8-6-16)25-10-2-9-24(20(25)27)12-14-3-4-15(21)11-18(14)22/h3-8,11H,2,9-10,12-13H2,1H3,(H,23,26). The lowest BCUT2D eigenvalue weighted by atomic mass is 10.1. The van der Waals surface area contributed by atoms with Gasteiger partial charge in [-0.3, -0.25) is 9.69 Å². The van der Waals surface area contributed by atoms with Gasteiger partial charge in [0.1, 0.15) is 18.2 Å². The van der Waals surface area contributed by atoms with E-state index < -0.39 is 11.6 Å². The molecule has 0 saturated carbocycles. The second-order valence-corrected chi connectivity index (χ2v) is 6.47. The largest absolute Gasteiger partial charge is 0.375 e. The first-order valence-corrected chi connectivity index (χ1v) is 8.87. The normalized spacial score (nSPS) is 14.3. The van der Waals surface area contributed by atoms with E-state index in [1.807, 2.05) is 0 Å². The highest BCUT2D eigenvalue weighted by atomic mass is 19.1. The summed E-state index contributed by atoms with van der Waals surface area (Å²) >= 11 is 0. The number of anilines is 2. The van der Waals surface area contributed by atoms with Crippen molar-refractivity contribution in [1.29, 1.82) is 0 Å². The Hall–Kier alpha value is -3.00. The highest BCUT2D eigenvalue weighted by Gasteiger charge is 2.27. The van der Waals surface area contributed by atoms with Gasteiger partial charge in [-0.1, -0.05) is 6.07 Å². The number of amides is 3. The van der Waals surface area contributed by atoms with E-state index >= 15 is 0 Å². The number of carbonyl (C=O) groups excluding carboxylic acids is 2. The summed E-state index contributed by atoms with van der Waals surface area (Å²) in [5, 5.41) is 2.69. The zero-order valence-electron chi connectivity index (χ0n) is 15.5. The highest BCUT2D eigenvalue weighted by Crippen LogP contribution is 2.24. The van der Waals surface area contributed by atoms with E-state index in [9.17, 15) is 18.4 Å². The molecule has 0 radical (unpaired) electrons. The molecule has 6 nitrogen and oxygen atoms in total. The van der Waals surface area contributed by atoms with E-state index in [2.05, 4.69) is 5.32 Å². The van der Waals surface area contributed by atoms with E-state index in [0.717, 1.165) is 12.5 Å². The van der Waals surface area contributed by atoms with Crippen LogP contribution in [-0.2, 0) is 16.1 Å². The van der Waals surface area contributed by atoms with Gasteiger partial charge in [-0.15, -0.1) is 0 Å². The molecule has 2 aromatic rings. The predicted octanol–water partition coefficient (Wildman–Crippen LogP) is 3.38. The van der Waals surface area contributed by atoms with Crippen LogP contribution in [0.25, 0.3) is 0 Å². The summed E-state index contributed by atoms with van der Waals surface area (Å²) in [4.78, 5) is 27.5. The van der Waals surface area contributed by atoms with Crippen molar-refractivity contribution in [2.75, 3.05) is 37.0 Å². The van der Waals surface area contributed by atoms with Crippen LogP contribution < -0.4 is 10.2 Å². The molecule has 28 heavy (non-hydrogen) atoms. The Morgan fingerprint density at radius 1 is 1.14 bits per heavy atom. The third-order valence-corrected chi connectivity index (χ3v) is 4.43. The quantitative estimate of drug-likeness (QED) is 0.824. The topological polar surface area (TPSA) is 61.9 Å². The number of hydrogen-bond acceptors (Lipinski definition) is 3. The summed E-state index contributed by atoms with van der Waals surface area (Å²) < 4.78 is 31.8. The first-order chi connectivity index (χ1) is 13.5. The number of halogens is 2. The summed E-state index contributed by atoms with van der Waals surface area (Å²) in [5.74, 6) is -1.58. The van der Waals surface area contributed by atoms with Crippen molar-refractivity contribution in [3.8, 4) is 0 Å². The molecule has 0 atom stereocenters. The van der Waals surface area contributed by atoms with E-state index in [4.69, 9.17) is 4.74 Å². The Balaban J connectivity index is 1.69. The van der Waals surface area contributed by atoms with Gasteiger partial charge >= 0.3 is 6.03 Å². The Labute approximate surface area is 161 Å². The van der Waals surface area contributed by atoms with E-state index in [1.54, 1.807) is 29.2 Å². The monoisotopic (exact) mass is 389 g/mol. The van der Waals surface area contributed by atoms with Gasteiger partial charge in [-0.05, 0) is 36.8 Å². The maximum atomic E-state index is 13.9. The minimum absolute atomic E-state index is 0.0404. The Morgan fingerprint density at radius 2 is 1.89 bits per heavy atom. The molecule has 148 valence electrons. The number of nitrogens with one attached hydrogen (secondary N) is 1. The first kappa shape index (κ1) is 19.8. The number of ether oxygens (including phenoxy) is 1. The molecular formula is C20H21F2N3O3. The van der Waals surface area contributed by atoms with Crippen LogP contribution in [0.3, 0.4) is 0 Å². The van der Waals surface area contributed by atoms with Crippen molar-refractivity contribution >= 4 is 23.3 Å². The second kappa shape index (κ2) is 8.79. The summed E-state index contributed by atoms with van der Waals surface area (Å²) in [5.41, 5.74) is 1.55. The smallest absolute Gasteiger partial charge is 0.324 e. The summed E-state index contributed by atoms with van der Waals surface area (Å²) in [6.45, 7) is 1.07. The highest BCUT2D eigenvalue weighted by molar-refractivity contribution is 5.94. The number of methoxy groups -OCH3 is 1. The van der Waals surface area contributed by atoms with Gasteiger partial charge in [0.05, 0.1) is 6.54 Å². The molecule has 1 fully saturated rings. The van der Waals surface area contributed by atoms with Gasteiger partial charge in [0.2, 0.25) is 5.91 Å². The van der Waals surface area contributed by atoms with Gasteiger partial charge in [-0.25, -0.2) is 13.6 Å². The lowest BCUT2D eigenvalue weighted by molar-refractivity contribution is -0.119. The van der Waals surface area contributed by atoms with Crippen LogP contribution in [0.2, 0.25) is 0 Å². The van der Waals surface area contributed by atoms with Crippen molar-refractivity contribution in [1.82, 2.24) is 4.90 Å². The molecule has 1 aliphatic heterocycles. The molecule has 0 spiro atoms. The zero-order valence-corrected chi connectivity index (χ0v) is 15.5. The third-order valence-electron chi connectivity index (χ3n) is 4.43. The molecule has 1 aliphatic rings. The molecule has 3 rings (SSSR count). The Kier molecular flexibility index (Phi) is 6.20. The molecule has 0 aliphatic carbocycles. The summed E-state index contributed by atoms with van der Waals surface area (Å²) in [6, 6.07) is 9.99. The molecule has 0 aromatic heterocycles. The number of nitrogens with zero attached hydrogens (tertiary/aromatic N) is 2. The number of hydrogen-bond donors (Lipinski definition) is 1. The molecule has 0 bridgehead atoms.